The van der Waals surface area contributed by atoms with E-state index in [1.165, 1.54) is 17.8 Å². The van der Waals surface area contributed by atoms with Gasteiger partial charge in [0.05, 0.1) is 22.7 Å². The van der Waals surface area contributed by atoms with Gasteiger partial charge < -0.3 is 19.6 Å². The van der Waals surface area contributed by atoms with Crippen LogP contribution in [0.1, 0.15) is 34.9 Å². The molecule has 8 heteroatoms. The summed E-state index contributed by atoms with van der Waals surface area (Å²) >= 11 is 0. The van der Waals surface area contributed by atoms with E-state index < -0.39 is 17.4 Å². The number of para-hydroxylation sites is 1. The fourth-order valence-electron chi connectivity index (χ4n) is 4.14. The smallest absolute Gasteiger partial charge is 0.330 e. The lowest BCUT2D eigenvalue weighted by molar-refractivity contribution is 0.0454. The summed E-state index contributed by atoms with van der Waals surface area (Å²) in [5.41, 5.74) is 0.782. The molecule has 1 unspecified atom stereocenters. The van der Waals surface area contributed by atoms with Gasteiger partial charge in [0.1, 0.15) is 0 Å². The number of aryl methyl sites for hydroxylation is 1. The van der Waals surface area contributed by atoms with Crippen LogP contribution in [0.3, 0.4) is 0 Å². The number of nitrogens with one attached hydrogen (secondary N) is 1. The lowest BCUT2D eigenvalue weighted by atomic mass is 9.88. The lowest BCUT2D eigenvalue weighted by Crippen LogP contribution is -2.42. The van der Waals surface area contributed by atoms with Crippen molar-refractivity contribution in [2.75, 3.05) is 13.1 Å². The Hall–Kier alpha value is -3.13. The minimum absolute atomic E-state index is 0.0380. The van der Waals surface area contributed by atoms with E-state index in [4.69, 9.17) is 0 Å². The highest BCUT2D eigenvalue weighted by Crippen LogP contribution is 2.30. The van der Waals surface area contributed by atoms with Gasteiger partial charge in [0.2, 0.25) is 0 Å². The van der Waals surface area contributed by atoms with E-state index in [1.54, 1.807) is 11.9 Å². The molecule has 1 aliphatic heterocycles. The number of aromatic nitrogens is 3. The number of benzene rings is 1. The molecule has 1 aliphatic rings. The topological polar surface area (TPSA) is 100 Å². The molecular formula is C21H24N4O4. The molecule has 1 fully saturated rings. The summed E-state index contributed by atoms with van der Waals surface area (Å²) in [6.07, 6.45) is 3.43. The fraction of sp³-hybridized carbons (Fsp3) is 0.381. The molecular weight excluding hydrogens is 372 g/mol. The largest absolute Gasteiger partial charge is 0.388 e. The second kappa shape index (κ2) is 7.36. The number of rotatable bonds is 3. The third-order valence-electron chi connectivity index (χ3n) is 5.88. The van der Waals surface area contributed by atoms with Crippen LogP contribution in [0.15, 0.2) is 46.2 Å². The molecule has 2 aromatic heterocycles. The summed E-state index contributed by atoms with van der Waals surface area (Å²) in [7, 11) is 2.96. The van der Waals surface area contributed by atoms with Crippen molar-refractivity contribution in [3.8, 4) is 0 Å². The van der Waals surface area contributed by atoms with Crippen molar-refractivity contribution < 1.29 is 9.90 Å². The van der Waals surface area contributed by atoms with E-state index in [1.807, 2.05) is 30.5 Å². The van der Waals surface area contributed by atoms with E-state index >= 15 is 0 Å². The number of hydrogen-bond acceptors (Lipinski definition) is 4. The van der Waals surface area contributed by atoms with Crippen LogP contribution >= 0.6 is 0 Å². The van der Waals surface area contributed by atoms with Gasteiger partial charge in [-0.25, -0.2) is 4.79 Å². The first kappa shape index (κ1) is 19.2. The summed E-state index contributed by atoms with van der Waals surface area (Å²) in [5.74, 6) is -0.186. The first-order valence-electron chi connectivity index (χ1n) is 9.68. The van der Waals surface area contributed by atoms with E-state index in [2.05, 4.69) is 4.98 Å². The molecule has 4 rings (SSSR count). The number of amides is 1. The van der Waals surface area contributed by atoms with E-state index in [-0.39, 0.29) is 17.4 Å². The highest BCUT2D eigenvalue weighted by atomic mass is 16.3. The second-order valence-corrected chi connectivity index (χ2v) is 7.66. The first-order chi connectivity index (χ1) is 13.9. The molecule has 1 atom stereocenters. The molecule has 1 aromatic carbocycles. The Balaban J connectivity index is 1.50. The van der Waals surface area contributed by atoms with Crippen molar-refractivity contribution in [1.82, 2.24) is 19.0 Å². The molecule has 0 bridgehead atoms. The normalized spacial score (nSPS) is 16.3. The minimum atomic E-state index is -0.968. The molecule has 1 amide bonds. The Morgan fingerprint density at radius 1 is 1.17 bits per heavy atom. The SMILES string of the molecule is Cn1cc(C(O)C2CCN(C(=O)c3cccc4cc[nH]c34)CC2)c(=O)n(C)c1=O. The maximum absolute atomic E-state index is 13.0. The summed E-state index contributed by atoms with van der Waals surface area (Å²) in [6.45, 7) is 1.01. The number of aliphatic hydroxyl groups is 1. The van der Waals surface area contributed by atoms with Crippen LogP contribution in [0.5, 0.6) is 0 Å². The predicted octanol–water partition coefficient (Wildman–Crippen LogP) is 1.15. The molecule has 8 nitrogen and oxygen atoms in total. The average Bonchev–Trinajstić information content (AvgIpc) is 3.23. The monoisotopic (exact) mass is 396 g/mol. The van der Waals surface area contributed by atoms with Gasteiger partial charge in [-0.2, -0.15) is 0 Å². The molecule has 3 heterocycles. The van der Waals surface area contributed by atoms with Gasteiger partial charge in [0, 0.05) is 45.0 Å². The molecule has 152 valence electrons. The number of carbonyl (C=O) groups is 1. The number of H-pyrrole nitrogens is 1. The minimum Gasteiger partial charge on any atom is -0.388 e. The van der Waals surface area contributed by atoms with E-state index in [9.17, 15) is 19.5 Å². The Labute approximate surface area is 167 Å². The Morgan fingerprint density at radius 3 is 2.62 bits per heavy atom. The summed E-state index contributed by atoms with van der Waals surface area (Å²) in [5, 5.41) is 11.8. The number of nitrogens with zero attached hydrogens (tertiary/aromatic N) is 3. The van der Waals surface area contributed by atoms with Crippen molar-refractivity contribution in [1.29, 1.82) is 0 Å². The number of hydrogen-bond donors (Lipinski definition) is 2. The zero-order chi connectivity index (χ0) is 20.7. The number of fused-ring (bicyclic) bond motifs is 1. The third-order valence-corrected chi connectivity index (χ3v) is 5.88. The maximum Gasteiger partial charge on any atom is 0.330 e. The number of piperidine rings is 1. The number of carbonyl (C=O) groups excluding carboxylic acids is 1. The van der Waals surface area contributed by atoms with Gasteiger partial charge in [0.15, 0.2) is 0 Å². The van der Waals surface area contributed by atoms with Crippen molar-refractivity contribution in [3.63, 3.8) is 0 Å². The molecule has 0 saturated carbocycles. The quantitative estimate of drug-likeness (QED) is 0.694. The molecule has 1 saturated heterocycles. The van der Waals surface area contributed by atoms with E-state index in [0.29, 0.717) is 31.5 Å². The first-order valence-corrected chi connectivity index (χ1v) is 9.68. The van der Waals surface area contributed by atoms with Crippen LogP contribution in [0.2, 0.25) is 0 Å². The van der Waals surface area contributed by atoms with Crippen LogP contribution in [-0.2, 0) is 14.1 Å². The summed E-state index contributed by atoms with van der Waals surface area (Å²) in [6, 6.07) is 7.58. The zero-order valence-corrected chi connectivity index (χ0v) is 16.5. The van der Waals surface area contributed by atoms with Crippen LogP contribution in [0.25, 0.3) is 10.9 Å². The van der Waals surface area contributed by atoms with Crippen molar-refractivity contribution in [3.05, 3.63) is 68.6 Å². The van der Waals surface area contributed by atoms with Crippen molar-refractivity contribution in [2.24, 2.45) is 20.0 Å². The van der Waals surface area contributed by atoms with Crippen molar-refractivity contribution >= 4 is 16.8 Å². The van der Waals surface area contributed by atoms with Gasteiger partial charge in [-0.3, -0.25) is 14.2 Å². The van der Waals surface area contributed by atoms with Crippen molar-refractivity contribution in [2.45, 2.75) is 18.9 Å². The number of aliphatic hydroxyl groups excluding tert-OH is 1. The van der Waals surface area contributed by atoms with Gasteiger partial charge in [-0.1, -0.05) is 12.1 Å². The lowest BCUT2D eigenvalue weighted by Gasteiger charge is -2.34. The van der Waals surface area contributed by atoms with Crippen LogP contribution < -0.4 is 11.2 Å². The standard InChI is InChI=1S/C21H24N4O4/c1-23-12-16(19(27)24(2)21(23)29)18(26)14-7-10-25(11-8-14)20(28)15-5-3-4-13-6-9-22-17(13)15/h3-6,9,12,14,18,22,26H,7-8,10-11H2,1-2H3. The third kappa shape index (κ3) is 3.29. The molecule has 3 aromatic rings. The molecule has 2 N–H and O–H groups in total. The number of aromatic amines is 1. The van der Waals surface area contributed by atoms with Gasteiger partial charge in [0.25, 0.3) is 11.5 Å². The second-order valence-electron chi connectivity index (χ2n) is 7.66. The Morgan fingerprint density at radius 2 is 1.90 bits per heavy atom. The molecule has 0 spiro atoms. The molecule has 0 aliphatic carbocycles. The Bertz CT molecular complexity index is 1180. The van der Waals surface area contributed by atoms with Crippen LogP contribution in [-0.4, -0.2) is 43.1 Å². The average molecular weight is 396 g/mol. The van der Waals surface area contributed by atoms with Crippen LogP contribution in [0.4, 0.5) is 0 Å². The summed E-state index contributed by atoms with van der Waals surface area (Å²) in [4.78, 5) is 42.2. The van der Waals surface area contributed by atoms with Gasteiger partial charge in [-0.05, 0) is 30.9 Å². The fourth-order valence-corrected chi connectivity index (χ4v) is 4.14. The predicted molar refractivity (Wildman–Crippen MR) is 109 cm³/mol. The zero-order valence-electron chi connectivity index (χ0n) is 16.5. The molecule has 0 radical (unpaired) electrons. The van der Waals surface area contributed by atoms with Gasteiger partial charge in [-0.15, -0.1) is 0 Å². The molecule has 29 heavy (non-hydrogen) atoms. The maximum atomic E-state index is 13.0. The highest BCUT2D eigenvalue weighted by molar-refractivity contribution is 6.05. The summed E-state index contributed by atoms with van der Waals surface area (Å²) < 4.78 is 2.31. The van der Waals surface area contributed by atoms with E-state index in [0.717, 1.165) is 15.5 Å². The van der Waals surface area contributed by atoms with Gasteiger partial charge >= 0.3 is 5.69 Å². The Kier molecular flexibility index (Phi) is 4.87. The van der Waals surface area contributed by atoms with Crippen LogP contribution in [0, 0.1) is 5.92 Å². The number of likely N-dealkylation sites (tertiary alicyclic amines) is 1. The highest BCUT2D eigenvalue weighted by Gasteiger charge is 2.31.